The van der Waals surface area contributed by atoms with Crippen LogP contribution in [0.1, 0.15) is 25.0 Å². The number of esters is 1. The Morgan fingerprint density at radius 3 is 2.79 bits per heavy atom. The summed E-state index contributed by atoms with van der Waals surface area (Å²) < 4.78 is 5.15. The van der Waals surface area contributed by atoms with Crippen molar-refractivity contribution in [2.75, 3.05) is 0 Å². The number of hydrogen-bond acceptors (Lipinski definition) is 2. The lowest BCUT2D eigenvalue weighted by molar-refractivity contribution is -0.131. The summed E-state index contributed by atoms with van der Waals surface area (Å²) >= 11 is 0. The van der Waals surface area contributed by atoms with Gasteiger partial charge in [0.25, 0.3) is 0 Å². The van der Waals surface area contributed by atoms with Crippen molar-refractivity contribution in [1.82, 2.24) is 0 Å². The maximum atomic E-state index is 10.9. The highest BCUT2D eigenvalue weighted by atomic mass is 16.5. The Bertz CT molecular complexity index is 353. The van der Waals surface area contributed by atoms with Gasteiger partial charge >= 0.3 is 5.97 Å². The molecule has 0 fully saturated rings. The molecule has 1 aromatic carbocycles. The van der Waals surface area contributed by atoms with Gasteiger partial charge in [0.05, 0.1) is 0 Å². The van der Waals surface area contributed by atoms with Gasteiger partial charge in [0, 0.05) is 12.5 Å². The maximum Gasteiger partial charge on any atom is 0.308 e. The first kappa shape index (κ1) is 10.5. The summed E-state index contributed by atoms with van der Waals surface area (Å²) in [6.07, 6.45) is 2.53. The summed E-state index contributed by atoms with van der Waals surface area (Å²) in [5, 5.41) is 0. The predicted molar refractivity (Wildman–Crippen MR) is 57.2 cm³/mol. The molecule has 0 aliphatic carbocycles. The Balaban J connectivity index is 3.18. The summed E-state index contributed by atoms with van der Waals surface area (Å²) in [4.78, 5) is 10.9. The van der Waals surface area contributed by atoms with Gasteiger partial charge in [-0.3, -0.25) is 4.79 Å². The van der Waals surface area contributed by atoms with Crippen LogP contribution in [0.3, 0.4) is 0 Å². The first-order valence-electron chi connectivity index (χ1n) is 4.61. The molecule has 0 aliphatic rings. The molecule has 1 rings (SSSR count). The predicted octanol–water partition coefficient (Wildman–Crippen LogP) is 2.82. The van der Waals surface area contributed by atoms with Crippen LogP contribution in [0.25, 0.3) is 6.08 Å². The average Bonchev–Trinajstić information content (AvgIpc) is 2.17. The van der Waals surface area contributed by atoms with Crippen molar-refractivity contribution < 1.29 is 9.53 Å². The summed E-state index contributed by atoms with van der Waals surface area (Å²) in [7, 11) is 0. The van der Waals surface area contributed by atoms with Crippen LogP contribution in [-0.4, -0.2) is 5.97 Å². The van der Waals surface area contributed by atoms with Crippen LogP contribution in [0.4, 0.5) is 0 Å². The lowest BCUT2D eigenvalue weighted by atomic mass is 10.1. The van der Waals surface area contributed by atoms with E-state index in [4.69, 9.17) is 4.74 Å². The van der Waals surface area contributed by atoms with Crippen molar-refractivity contribution in [3.63, 3.8) is 0 Å². The minimum absolute atomic E-state index is 0.297. The number of aryl methyl sites for hydroxylation is 1. The molecule has 0 radical (unpaired) electrons. The molecule has 0 N–H and O–H groups in total. The van der Waals surface area contributed by atoms with E-state index in [-0.39, 0.29) is 5.97 Å². The smallest absolute Gasteiger partial charge is 0.308 e. The number of hydrogen-bond donors (Lipinski definition) is 0. The standard InChI is InChI=1S/C12H14O2/c1-4-10-7-6-8-11(5-2)12(10)14-9(3)13/h4,6-8H,1,5H2,2-3H3. The zero-order chi connectivity index (χ0) is 10.6. The largest absolute Gasteiger partial charge is 0.426 e. The van der Waals surface area contributed by atoms with Crippen LogP contribution in [0, 0.1) is 0 Å². The molecule has 0 saturated carbocycles. The SMILES string of the molecule is C=Cc1cccc(CC)c1OC(C)=O. The van der Waals surface area contributed by atoms with Crippen LogP contribution in [0.15, 0.2) is 24.8 Å². The number of para-hydroxylation sites is 1. The minimum Gasteiger partial charge on any atom is -0.426 e. The van der Waals surface area contributed by atoms with Crippen molar-refractivity contribution in [3.8, 4) is 5.75 Å². The summed E-state index contributed by atoms with van der Waals surface area (Å²) in [5.41, 5.74) is 1.89. The highest BCUT2D eigenvalue weighted by molar-refractivity contribution is 5.72. The summed E-state index contributed by atoms with van der Waals surface area (Å²) in [5.74, 6) is 0.339. The van der Waals surface area contributed by atoms with Gasteiger partial charge in [-0.25, -0.2) is 0 Å². The molecular weight excluding hydrogens is 176 g/mol. The molecule has 0 bridgehead atoms. The molecule has 0 heterocycles. The second kappa shape index (κ2) is 4.61. The van der Waals surface area contributed by atoms with Gasteiger partial charge in [-0.05, 0) is 12.0 Å². The van der Waals surface area contributed by atoms with E-state index >= 15 is 0 Å². The second-order valence-corrected chi connectivity index (χ2v) is 2.99. The van der Waals surface area contributed by atoms with E-state index in [0.717, 1.165) is 17.5 Å². The van der Waals surface area contributed by atoms with Crippen molar-refractivity contribution in [3.05, 3.63) is 35.9 Å². The highest BCUT2D eigenvalue weighted by Gasteiger charge is 2.08. The number of ether oxygens (including phenoxy) is 1. The zero-order valence-electron chi connectivity index (χ0n) is 8.54. The van der Waals surface area contributed by atoms with Crippen LogP contribution in [0.2, 0.25) is 0 Å². The minimum atomic E-state index is -0.297. The molecule has 1 aromatic rings. The van der Waals surface area contributed by atoms with Gasteiger partial charge in [-0.1, -0.05) is 37.8 Å². The van der Waals surface area contributed by atoms with Crippen molar-refractivity contribution in [2.24, 2.45) is 0 Å². The van der Waals surface area contributed by atoms with Crippen LogP contribution in [0.5, 0.6) is 5.75 Å². The van der Waals surface area contributed by atoms with Gasteiger partial charge in [0.15, 0.2) is 0 Å². The van der Waals surface area contributed by atoms with E-state index in [1.807, 2.05) is 25.1 Å². The third kappa shape index (κ3) is 2.22. The van der Waals surface area contributed by atoms with E-state index in [1.54, 1.807) is 6.08 Å². The lowest BCUT2D eigenvalue weighted by Gasteiger charge is -2.10. The molecule has 0 aliphatic heterocycles. The lowest BCUT2D eigenvalue weighted by Crippen LogP contribution is -2.05. The van der Waals surface area contributed by atoms with Crippen LogP contribution in [-0.2, 0) is 11.2 Å². The van der Waals surface area contributed by atoms with Gasteiger partial charge in [-0.2, -0.15) is 0 Å². The quantitative estimate of drug-likeness (QED) is 0.541. The highest BCUT2D eigenvalue weighted by Crippen LogP contribution is 2.25. The van der Waals surface area contributed by atoms with E-state index in [9.17, 15) is 4.79 Å². The Morgan fingerprint density at radius 2 is 2.29 bits per heavy atom. The maximum absolute atomic E-state index is 10.9. The van der Waals surface area contributed by atoms with E-state index in [1.165, 1.54) is 6.92 Å². The molecule has 0 unspecified atom stereocenters. The van der Waals surface area contributed by atoms with E-state index in [0.29, 0.717) is 5.75 Å². The molecule has 0 saturated heterocycles. The van der Waals surface area contributed by atoms with Crippen LogP contribution < -0.4 is 4.74 Å². The van der Waals surface area contributed by atoms with Crippen molar-refractivity contribution in [2.45, 2.75) is 20.3 Å². The third-order valence-corrected chi connectivity index (χ3v) is 1.97. The number of rotatable bonds is 3. The number of carbonyl (C=O) groups excluding carboxylic acids is 1. The molecule has 2 heteroatoms. The molecule has 2 nitrogen and oxygen atoms in total. The van der Waals surface area contributed by atoms with E-state index in [2.05, 4.69) is 6.58 Å². The number of carbonyl (C=O) groups is 1. The molecule has 0 atom stereocenters. The third-order valence-electron chi connectivity index (χ3n) is 1.97. The topological polar surface area (TPSA) is 26.3 Å². The Hall–Kier alpha value is -1.57. The Kier molecular flexibility index (Phi) is 3.46. The van der Waals surface area contributed by atoms with Gasteiger partial charge in [0.2, 0.25) is 0 Å². The fourth-order valence-corrected chi connectivity index (χ4v) is 1.31. The van der Waals surface area contributed by atoms with Gasteiger partial charge < -0.3 is 4.74 Å². The first-order valence-corrected chi connectivity index (χ1v) is 4.61. The summed E-state index contributed by atoms with van der Waals surface area (Å²) in [6, 6.07) is 5.76. The fraction of sp³-hybridized carbons (Fsp3) is 0.250. The fourth-order valence-electron chi connectivity index (χ4n) is 1.31. The van der Waals surface area contributed by atoms with Crippen LogP contribution >= 0.6 is 0 Å². The van der Waals surface area contributed by atoms with Gasteiger partial charge in [-0.15, -0.1) is 0 Å². The monoisotopic (exact) mass is 190 g/mol. The van der Waals surface area contributed by atoms with Gasteiger partial charge in [0.1, 0.15) is 5.75 Å². The average molecular weight is 190 g/mol. The second-order valence-electron chi connectivity index (χ2n) is 2.99. The Labute approximate surface area is 84.2 Å². The van der Waals surface area contributed by atoms with Crippen molar-refractivity contribution >= 4 is 12.0 Å². The van der Waals surface area contributed by atoms with Crippen molar-refractivity contribution in [1.29, 1.82) is 0 Å². The summed E-state index contributed by atoms with van der Waals surface area (Å²) in [6.45, 7) is 7.11. The normalized spacial score (nSPS) is 9.57. The molecule has 0 aromatic heterocycles. The molecule has 0 spiro atoms. The molecule has 0 amide bonds. The molecule has 14 heavy (non-hydrogen) atoms. The Morgan fingerprint density at radius 1 is 1.57 bits per heavy atom. The molecular formula is C12H14O2. The zero-order valence-corrected chi connectivity index (χ0v) is 8.54. The van der Waals surface area contributed by atoms with E-state index < -0.39 is 0 Å². The first-order chi connectivity index (χ1) is 6.69. The molecule has 74 valence electrons. The number of benzene rings is 1.